The molecule has 2 fully saturated rings. The van der Waals surface area contributed by atoms with E-state index in [1.165, 1.54) is 23.0 Å². The van der Waals surface area contributed by atoms with E-state index in [0.717, 1.165) is 29.7 Å². The molecule has 6 heteroatoms. The summed E-state index contributed by atoms with van der Waals surface area (Å²) in [5.74, 6) is -1.82. The van der Waals surface area contributed by atoms with E-state index < -0.39 is 24.0 Å². The summed E-state index contributed by atoms with van der Waals surface area (Å²) in [6.45, 7) is 2.97. The van der Waals surface area contributed by atoms with Crippen LogP contribution in [-0.4, -0.2) is 29.3 Å². The molecule has 4 aromatic carbocycles. The molecule has 1 saturated heterocycles. The van der Waals surface area contributed by atoms with Crippen molar-refractivity contribution in [2.45, 2.75) is 44.8 Å². The predicted molar refractivity (Wildman–Crippen MR) is 166 cm³/mol. The minimum atomic E-state index is -0.976. The van der Waals surface area contributed by atoms with E-state index in [-0.39, 0.29) is 24.2 Å². The Bertz CT molecular complexity index is 1530. The summed E-state index contributed by atoms with van der Waals surface area (Å²) in [5.41, 5.74) is 5.17. The smallest absolute Gasteiger partial charge is 0.417 e. The van der Waals surface area contributed by atoms with Gasteiger partial charge >= 0.3 is 6.09 Å². The van der Waals surface area contributed by atoms with Gasteiger partial charge < -0.3 is 9.64 Å². The minimum Gasteiger partial charge on any atom is -0.446 e. The number of nitrogens with zero attached hydrogens (tertiary/aromatic N) is 2. The summed E-state index contributed by atoms with van der Waals surface area (Å²) >= 11 is 0. The van der Waals surface area contributed by atoms with Gasteiger partial charge in [-0.1, -0.05) is 103 Å². The van der Waals surface area contributed by atoms with Gasteiger partial charge in [-0.3, -0.25) is 9.59 Å². The average Bonchev–Trinajstić information content (AvgIpc) is 3.80. The lowest BCUT2D eigenvalue weighted by atomic mass is 9.79. The number of carbonyl (C=O) groups is 3. The van der Waals surface area contributed by atoms with E-state index in [1.807, 2.05) is 78.9 Å². The number of imide groups is 1. The second-order valence-corrected chi connectivity index (χ2v) is 11.6. The van der Waals surface area contributed by atoms with Crippen LogP contribution >= 0.6 is 0 Å². The highest BCUT2D eigenvalue weighted by Crippen LogP contribution is 2.49. The van der Waals surface area contributed by atoms with E-state index in [2.05, 4.69) is 41.3 Å². The average molecular weight is 573 g/mol. The third kappa shape index (κ3) is 6.38. The Balaban J connectivity index is 1.34. The number of hydrogen-bond donors (Lipinski definition) is 0. The fourth-order valence-electron chi connectivity index (χ4n) is 6.28. The van der Waals surface area contributed by atoms with Gasteiger partial charge in [0.2, 0.25) is 5.91 Å². The van der Waals surface area contributed by atoms with Crippen LogP contribution in [0.5, 0.6) is 0 Å². The molecule has 43 heavy (non-hydrogen) atoms. The standard InChI is InChI=1S/C37H36N2O4/c1-26(40)34(36(41)39-33(25-43-37(39)42)29-16-9-4-10-17-29)35(30-20-21-30)31-18-11-19-32(22-31)38(23-27-12-5-2-6-13-27)24-28-14-7-3-8-15-28/h2-19,22,30,33-35H,20-21,23-25H2,1H3/t33-,34+,35+/m1/s1. The number of Topliss-reactive ketones (excluding diaryl/α,β-unsaturated/α-hetero) is 1. The van der Waals surface area contributed by atoms with Gasteiger partial charge in [0.1, 0.15) is 24.3 Å². The van der Waals surface area contributed by atoms with E-state index in [4.69, 9.17) is 4.74 Å². The van der Waals surface area contributed by atoms with Crippen molar-refractivity contribution in [2.75, 3.05) is 11.5 Å². The molecule has 0 unspecified atom stereocenters. The molecule has 6 nitrogen and oxygen atoms in total. The lowest BCUT2D eigenvalue weighted by Crippen LogP contribution is -2.43. The highest BCUT2D eigenvalue weighted by atomic mass is 16.6. The largest absolute Gasteiger partial charge is 0.446 e. The van der Waals surface area contributed by atoms with Gasteiger partial charge in [-0.15, -0.1) is 0 Å². The number of ketones is 1. The van der Waals surface area contributed by atoms with Crippen molar-refractivity contribution >= 4 is 23.5 Å². The summed E-state index contributed by atoms with van der Waals surface area (Å²) < 4.78 is 5.36. The molecule has 1 aliphatic carbocycles. The second kappa shape index (κ2) is 12.7. The number of amides is 2. The molecule has 218 valence electrons. The Morgan fingerprint density at radius 3 is 1.95 bits per heavy atom. The van der Waals surface area contributed by atoms with Crippen LogP contribution in [0.2, 0.25) is 0 Å². The van der Waals surface area contributed by atoms with Gasteiger partial charge in [-0.05, 0) is 60.1 Å². The van der Waals surface area contributed by atoms with Crippen molar-refractivity contribution in [3.8, 4) is 0 Å². The van der Waals surface area contributed by atoms with Crippen molar-refractivity contribution in [1.82, 2.24) is 4.90 Å². The molecule has 2 amide bonds. The monoisotopic (exact) mass is 572 g/mol. The Hall–Kier alpha value is -4.71. The molecule has 0 aromatic heterocycles. The molecular weight excluding hydrogens is 536 g/mol. The zero-order valence-corrected chi connectivity index (χ0v) is 24.3. The first-order valence-electron chi connectivity index (χ1n) is 15.0. The van der Waals surface area contributed by atoms with Gasteiger partial charge in [-0.25, -0.2) is 9.69 Å². The summed E-state index contributed by atoms with van der Waals surface area (Å²) in [5, 5.41) is 0. The fraction of sp³-hybridized carbons (Fsp3) is 0.270. The lowest BCUT2D eigenvalue weighted by molar-refractivity contribution is -0.140. The molecule has 3 atom stereocenters. The third-order valence-corrected chi connectivity index (χ3v) is 8.54. The van der Waals surface area contributed by atoms with Crippen LogP contribution in [0, 0.1) is 11.8 Å². The van der Waals surface area contributed by atoms with E-state index >= 15 is 0 Å². The maximum atomic E-state index is 14.2. The van der Waals surface area contributed by atoms with Gasteiger partial charge in [0, 0.05) is 24.7 Å². The highest BCUT2D eigenvalue weighted by Gasteiger charge is 2.49. The van der Waals surface area contributed by atoms with E-state index in [1.54, 1.807) is 0 Å². The molecule has 1 heterocycles. The number of carbonyl (C=O) groups excluding carboxylic acids is 3. The Morgan fingerprint density at radius 1 is 0.814 bits per heavy atom. The number of benzene rings is 4. The molecule has 0 spiro atoms. The van der Waals surface area contributed by atoms with Crippen molar-refractivity contribution < 1.29 is 19.1 Å². The number of anilines is 1. The van der Waals surface area contributed by atoms with E-state index in [0.29, 0.717) is 13.1 Å². The summed E-state index contributed by atoms with van der Waals surface area (Å²) in [7, 11) is 0. The quantitative estimate of drug-likeness (QED) is 0.176. The van der Waals surface area contributed by atoms with Crippen LogP contribution in [0.4, 0.5) is 10.5 Å². The van der Waals surface area contributed by atoms with Crippen LogP contribution in [0.3, 0.4) is 0 Å². The summed E-state index contributed by atoms with van der Waals surface area (Å²) in [6.07, 6.45) is 1.19. The van der Waals surface area contributed by atoms with Gasteiger partial charge in [0.05, 0.1) is 0 Å². The van der Waals surface area contributed by atoms with Crippen LogP contribution < -0.4 is 4.90 Å². The van der Waals surface area contributed by atoms with Crippen LogP contribution in [0.15, 0.2) is 115 Å². The third-order valence-electron chi connectivity index (χ3n) is 8.54. The molecule has 1 saturated carbocycles. The maximum absolute atomic E-state index is 14.2. The van der Waals surface area contributed by atoms with E-state index in [9.17, 15) is 14.4 Å². The summed E-state index contributed by atoms with van der Waals surface area (Å²) in [4.78, 5) is 44.0. The normalized spacial score (nSPS) is 17.7. The van der Waals surface area contributed by atoms with Crippen LogP contribution in [0.25, 0.3) is 0 Å². The summed E-state index contributed by atoms with van der Waals surface area (Å²) in [6, 6.07) is 37.8. The van der Waals surface area contributed by atoms with Gasteiger partial charge in [0.25, 0.3) is 0 Å². The van der Waals surface area contributed by atoms with Crippen molar-refractivity contribution in [1.29, 1.82) is 0 Å². The predicted octanol–water partition coefficient (Wildman–Crippen LogP) is 7.31. The first-order chi connectivity index (χ1) is 21.0. The van der Waals surface area contributed by atoms with Crippen LogP contribution in [-0.2, 0) is 27.4 Å². The molecule has 6 rings (SSSR count). The molecule has 0 radical (unpaired) electrons. The molecule has 0 N–H and O–H groups in total. The SMILES string of the molecule is CC(=O)[C@H](C(=O)N1C(=O)OC[C@@H]1c1ccccc1)[C@H](c1cccc(N(Cc2ccccc2)Cc2ccccc2)c1)C1CC1. The number of cyclic esters (lactones) is 1. The second-order valence-electron chi connectivity index (χ2n) is 11.6. The van der Waals surface area contributed by atoms with Gasteiger partial charge in [0.15, 0.2) is 0 Å². The molecule has 2 aliphatic rings. The Kier molecular flexibility index (Phi) is 8.36. The van der Waals surface area contributed by atoms with Crippen LogP contribution in [0.1, 0.15) is 54.0 Å². The first kappa shape index (κ1) is 28.4. The number of hydrogen-bond acceptors (Lipinski definition) is 5. The Morgan fingerprint density at radius 2 is 1.40 bits per heavy atom. The van der Waals surface area contributed by atoms with Gasteiger partial charge in [-0.2, -0.15) is 0 Å². The first-order valence-corrected chi connectivity index (χ1v) is 15.0. The Labute approximate surface area is 252 Å². The topological polar surface area (TPSA) is 66.9 Å². The maximum Gasteiger partial charge on any atom is 0.417 e. The zero-order chi connectivity index (χ0) is 29.8. The highest BCUT2D eigenvalue weighted by molar-refractivity contribution is 6.07. The van der Waals surface area contributed by atoms with Crippen molar-refractivity contribution in [3.63, 3.8) is 0 Å². The molecule has 0 bridgehead atoms. The van der Waals surface area contributed by atoms with Crippen molar-refractivity contribution in [2.24, 2.45) is 11.8 Å². The molecule has 1 aliphatic heterocycles. The fourth-order valence-corrected chi connectivity index (χ4v) is 6.28. The lowest BCUT2D eigenvalue weighted by Gasteiger charge is -2.31. The minimum absolute atomic E-state index is 0.0801. The number of ether oxygens (including phenoxy) is 1. The number of rotatable bonds is 11. The molecule has 4 aromatic rings. The molecular formula is C37H36N2O4. The van der Waals surface area contributed by atoms with Crippen molar-refractivity contribution in [3.05, 3.63) is 138 Å². The zero-order valence-electron chi connectivity index (χ0n) is 24.3.